The molecule has 0 unspecified atom stereocenters. The number of aromatic nitrogens is 6. The maximum absolute atomic E-state index is 12.2. The third-order valence-electron chi connectivity index (χ3n) is 2.53. The number of thioether (sulfide) groups is 1. The van der Waals surface area contributed by atoms with Crippen molar-refractivity contribution in [3.63, 3.8) is 0 Å². The molecule has 7 nitrogen and oxygen atoms in total. The molecule has 0 atom stereocenters. The highest BCUT2D eigenvalue weighted by atomic mass is 32.2. The number of rotatable bonds is 4. The average molecular weight is 306 g/mol. The Morgan fingerprint density at radius 3 is 2.90 bits per heavy atom. The number of hydrogen-bond donors (Lipinski definition) is 0. The first kappa shape index (κ1) is 13.1. The molecule has 0 aromatic carbocycles. The lowest BCUT2D eigenvalue weighted by Gasteiger charge is -2.04. The fourth-order valence-electron chi connectivity index (χ4n) is 1.62. The molecule has 0 aliphatic heterocycles. The van der Waals surface area contributed by atoms with E-state index in [9.17, 15) is 4.79 Å². The van der Waals surface area contributed by atoms with Crippen molar-refractivity contribution < 1.29 is 0 Å². The second-order valence-electron chi connectivity index (χ2n) is 3.91. The summed E-state index contributed by atoms with van der Waals surface area (Å²) in [6, 6.07) is 0. The van der Waals surface area contributed by atoms with Crippen LogP contribution in [0.2, 0.25) is 0 Å². The number of nitrogens with zero attached hydrogens (tertiary/aromatic N) is 6. The van der Waals surface area contributed by atoms with Gasteiger partial charge in [0.2, 0.25) is 0 Å². The van der Waals surface area contributed by atoms with Crippen molar-refractivity contribution in [2.45, 2.75) is 17.8 Å². The van der Waals surface area contributed by atoms with E-state index in [1.54, 1.807) is 23.1 Å². The first-order valence-electron chi connectivity index (χ1n) is 5.83. The third kappa shape index (κ3) is 2.68. The minimum atomic E-state index is -0.169. The van der Waals surface area contributed by atoms with Crippen LogP contribution in [0.4, 0.5) is 0 Å². The van der Waals surface area contributed by atoms with Crippen molar-refractivity contribution in [2.75, 3.05) is 5.75 Å². The molecule has 0 aliphatic carbocycles. The van der Waals surface area contributed by atoms with Gasteiger partial charge in [-0.3, -0.25) is 9.36 Å². The van der Waals surface area contributed by atoms with Crippen LogP contribution in [0.1, 0.15) is 5.01 Å². The van der Waals surface area contributed by atoms with E-state index in [0.717, 1.165) is 15.1 Å². The maximum atomic E-state index is 12.2. The van der Waals surface area contributed by atoms with Gasteiger partial charge in [-0.25, -0.2) is 15.0 Å². The molecule has 0 aliphatic rings. The molecule has 0 amide bonds. The highest BCUT2D eigenvalue weighted by Crippen LogP contribution is 2.21. The third-order valence-corrected chi connectivity index (χ3v) is 4.48. The Balaban J connectivity index is 1.74. The van der Waals surface area contributed by atoms with Gasteiger partial charge in [-0.15, -0.1) is 10.2 Å². The van der Waals surface area contributed by atoms with Crippen LogP contribution in [0.25, 0.3) is 11.2 Å². The predicted octanol–water partition coefficient (Wildman–Crippen LogP) is 1.14. The van der Waals surface area contributed by atoms with Gasteiger partial charge in [0.05, 0.1) is 0 Å². The fourth-order valence-corrected chi connectivity index (χ4v) is 3.44. The molecular formula is C11H10N6OS2. The van der Waals surface area contributed by atoms with Crippen molar-refractivity contribution in [3.05, 3.63) is 34.1 Å². The predicted molar refractivity (Wildman–Crippen MR) is 77.0 cm³/mol. The van der Waals surface area contributed by atoms with Crippen LogP contribution in [0.15, 0.2) is 27.9 Å². The summed E-state index contributed by atoms with van der Waals surface area (Å²) in [5.74, 6) is 0.724. The first-order chi connectivity index (χ1) is 9.74. The van der Waals surface area contributed by atoms with Gasteiger partial charge in [0, 0.05) is 24.7 Å². The quantitative estimate of drug-likeness (QED) is 0.668. The molecule has 0 bridgehead atoms. The van der Waals surface area contributed by atoms with E-state index < -0.39 is 0 Å². The van der Waals surface area contributed by atoms with Gasteiger partial charge in [0.25, 0.3) is 5.56 Å². The SMILES string of the molecule is Cc1nnc(SCCn2cnc3nccnc3c2=O)s1. The molecular weight excluding hydrogens is 296 g/mol. The Morgan fingerprint density at radius 2 is 2.10 bits per heavy atom. The van der Waals surface area contributed by atoms with Crippen molar-refractivity contribution in [2.24, 2.45) is 0 Å². The zero-order valence-electron chi connectivity index (χ0n) is 10.6. The lowest BCUT2D eigenvalue weighted by molar-refractivity contribution is 0.721. The Hall–Kier alpha value is -1.87. The van der Waals surface area contributed by atoms with Gasteiger partial charge in [-0.05, 0) is 6.92 Å². The lowest BCUT2D eigenvalue weighted by atomic mass is 10.5. The molecule has 102 valence electrons. The lowest BCUT2D eigenvalue weighted by Crippen LogP contribution is -2.22. The summed E-state index contributed by atoms with van der Waals surface area (Å²) in [5.41, 5.74) is 0.505. The Bertz CT molecular complexity index is 799. The standard InChI is InChI=1S/C11H10N6OS2/c1-7-15-16-11(20-7)19-5-4-17-6-14-9-8(10(17)18)12-2-3-13-9/h2-3,6H,4-5H2,1H3. The molecule has 20 heavy (non-hydrogen) atoms. The molecule has 0 fully saturated rings. The summed E-state index contributed by atoms with van der Waals surface area (Å²) in [5, 5.41) is 8.91. The average Bonchev–Trinajstić information content (AvgIpc) is 2.87. The van der Waals surface area contributed by atoms with E-state index in [0.29, 0.717) is 17.7 Å². The molecule has 0 spiro atoms. The molecule has 3 rings (SSSR count). The van der Waals surface area contributed by atoms with E-state index in [2.05, 4.69) is 25.1 Å². The first-order valence-corrected chi connectivity index (χ1v) is 7.63. The molecule has 3 aromatic rings. The summed E-state index contributed by atoms with van der Waals surface area (Å²) in [4.78, 5) is 24.3. The highest BCUT2D eigenvalue weighted by molar-refractivity contribution is 8.01. The van der Waals surface area contributed by atoms with Crippen LogP contribution in [-0.4, -0.2) is 35.5 Å². The van der Waals surface area contributed by atoms with Gasteiger partial charge in [-0.1, -0.05) is 23.1 Å². The van der Waals surface area contributed by atoms with E-state index >= 15 is 0 Å². The van der Waals surface area contributed by atoms with Crippen molar-refractivity contribution in [1.82, 2.24) is 29.7 Å². The van der Waals surface area contributed by atoms with Crippen LogP contribution in [-0.2, 0) is 6.54 Å². The Morgan fingerprint density at radius 1 is 1.25 bits per heavy atom. The Kier molecular flexibility index (Phi) is 3.70. The summed E-state index contributed by atoms with van der Waals surface area (Å²) in [6.45, 7) is 2.46. The van der Waals surface area contributed by atoms with Crippen molar-refractivity contribution in [1.29, 1.82) is 0 Å². The van der Waals surface area contributed by atoms with Crippen LogP contribution >= 0.6 is 23.1 Å². The van der Waals surface area contributed by atoms with E-state index in [-0.39, 0.29) is 5.56 Å². The summed E-state index contributed by atoms with van der Waals surface area (Å²) in [7, 11) is 0. The molecule has 0 saturated heterocycles. The van der Waals surface area contributed by atoms with E-state index in [1.807, 2.05) is 6.92 Å². The van der Waals surface area contributed by atoms with Gasteiger partial charge >= 0.3 is 0 Å². The summed E-state index contributed by atoms with van der Waals surface area (Å²) >= 11 is 3.12. The zero-order valence-corrected chi connectivity index (χ0v) is 12.2. The van der Waals surface area contributed by atoms with E-state index in [1.165, 1.54) is 23.3 Å². The molecule has 9 heteroatoms. The zero-order chi connectivity index (χ0) is 13.9. The number of aryl methyl sites for hydroxylation is 2. The smallest absolute Gasteiger partial charge is 0.281 e. The largest absolute Gasteiger partial charge is 0.296 e. The minimum Gasteiger partial charge on any atom is -0.296 e. The minimum absolute atomic E-state index is 0.169. The second-order valence-corrected chi connectivity index (χ2v) is 6.43. The van der Waals surface area contributed by atoms with Crippen LogP contribution in [0, 0.1) is 6.92 Å². The van der Waals surface area contributed by atoms with Gasteiger partial charge in [0.1, 0.15) is 11.3 Å². The van der Waals surface area contributed by atoms with Crippen LogP contribution in [0.5, 0.6) is 0 Å². The van der Waals surface area contributed by atoms with Gasteiger partial charge < -0.3 is 0 Å². The normalized spacial score (nSPS) is 11.1. The number of fused-ring (bicyclic) bond motifs is 1. The molecule has 0 saturated carbocycles. The topological polar surface area (TPSA) is 86.4 Å². The monoisotopic (exact) mass is 306 g/mol. The maximum Gasteiger partial charge on any atom is 0.281 e. The van der Waals surface area contributed by atoms with Crippen molar-refractivity contribution >= 4 is 34.3 Å². The molecule has 0 N–H and O–H groups in total. The van der Waals surface area contributed by atoms with E-state index in [4.69, 9.17) is 0 Å². The van der Waals surface area contributed by atoms with Gasteiger partial charge in [-0.2, -0.15) is 0 Å². The number of hydrogen-bond acceptors (Lipinski definition) is 8. The van der Waals surface area contributed by atoms with Crippen LogP contribution in [0.3, 0.4) is 0 Å². The highest BCUT2D eigenvalue weighted by Gasteiger charge is 2.06. The molecule has 0 radical (unpaired) electrons. The van der Waals surface area contributed by atoms with Crippen molar-refractivity contribution in [3.8, 4) is 0 Å². The summed E-state index contributed by atoms with van der Waals surface area (Å²) < 4.78 is 2.45. The van der Waals surface area contributed by atoms with Gasteiger partial charge in [0.15, 0.2) is 15.5 Å². The summed E-state index contributed by atoms with van der Waals surface area (Å²) in [6.07, 6.45) is 4.52. The second kappa shape index (κ2) is 5.63. The molecule has 3 heterocycles. The fraction of sp³-hybridized carbons (Fsp3) is 0.273. The van der Waals surface area contributed by atoms with Crippen LogP contribution < -0.4 is 5.56 Å². The Labute approximate surface area is 122 Å². The molecule has 3 aromatic heterocycles.